The van der Waals surface area contributed by atoms with Gasteiger partial charge in [-0.1, -0.05) is 6.07 Å². The maximum Gasteiger partial charge on any atom is 0.305 e. The van der Waals surface area contributed by atoms with Gasteiger partial charge in [-0.3, -0.25) is 14.4 Å². The fourth-order valence-corrected chi connectivity index (χ4v) is 3.63. The van der Waals surface area contributed by atoms with Gasteiger partial charge in [0.05, 0.1) is 29.9 Å². The molecule has 0 bridgehead atoms. The molecule has 8 heteroatoms. The molecule has 0 saturated carbocycles. The van der Waals surface area contributed by atoms with Crippen LogP contribution in [-0.4, -0.2) is 34.7 Å². The van der Waals surface area contributed by atoms with Gasteiger partial charge in [-0.05, 0) is 74.7 Å². The number of nitrogens with zero attached hydrogens (tertiary/aromatic N) is 2. The predicted molar refractivity (Wildman–Crippen MR) is 127 cm³/mol. The normalized spacial score (nSPS) is 10.6. The summed E-state index contributed by atoms with van der Waals surface area (Å²) in [5.41, 5.74) is 6.12. The lowest BCUT2D eigenvalue weighted by atomic mass is 10.1. The van der Waals surface area contributed by atoms with E-state index in [2.05, 4.69) is 15.7 Å². The Labute approximate surface area is 193 Å². The number of carbonyl (C=O) groups excluding carboxylic acids is 3. The van der Waals surface area contributed by atoms with Crippen molar-refractivity contribution in [2.45, 2.75) is 40.5 Å². The van der Waals surface area contributed by atoms with Crippen molar-refractivity contribution in [3.63, 3.8) is 0 Å². The van der Waals surface area contributed by atoms with Gasteiger partial charge in [0.2, 0.25) is 5.91 Å². The molecular weight excluding hydrogens is 420 g/mol. The van der Waals surface area contributed by atoms with Crippen LogP contribution in [0.5, 0.6) is 0 Å². The third kappa shape index (κ3) is 5.65. The highest BCUT2D eigenvalue weighted by Crippen LogP contribution is 2.24. The van der Waals surface area contributed by atoms with E-state index >= 15 is 0 Å². The fraction of sp³-hybridized carbons (Fsp3) is 0.280. The Morgan fingerprint density at radius 1 is 0.970 bits per heavy atom. The van der Waals surface area contributed by atoms with Crippen molar-refractivity contribution in [3.8, 4) is 5.69 Å². The van der Waals surface area contributed by atoms with Crippen LogP contribution in [0.25, 0.3) is 5.69 Å². The monoisotopic (exact) mass is 448 g/mol. The van der Waals surface area contributed by atoms with E-state index in [1.807, 2.05) is 45.0 Å². The number of ether oxygens (including phenoxy) is 1. The number of hydrogen-bond acceptors (Lipinski definition) is 5. The highest BCUT2D eigenvalue weighted by atomic mass is 16.5. The number of methoxy groups -OCH3 is 1. The maximum absolute atomic E-state index is 12.8. The summed E-state index contributed by atoms with van der Waals surface area (Å²) < 4.78 is 6.53. The van der Waals surface area contributed by atoms with E-state index in [9.17, 15) is 14.4 Å². The second-order valence-corrected chi connectivity index (χ2v) is 7.87. The summed E-state index contributed by atoms with van der Waals surface area (Å²) in [6.07, 6.45) is 0.848. The average molecular weight is 449 g/mol. The van der Waals surface area contributed by atoms with Crippen LogP contribution in [0.1, 0.15) is 46.2 Å². The number of esters is 1. The van der Waals surface area contributed by atoms with E-state index in [0.717, 1.165) is 28.2 Å². The van der Waals surface area contributed by atoms with Crippen molar-refractivity contribution < 1.29 is 19.1 Å². The van der Waals surface area contributed by atoms with Gasteiger partial charge in [0.1, 0.15) is 0 Å². The van der Waals surface area contributed by atoms with Gasteiger partial charge in [-0.25, -0.2) is 4.68 Å². The quantitative estimate of drug-likeness (QED) is 0.530. The third-order valence-corrected chi connectivity index (χ3v) is 5.36. The van der Waals surface area contributed by atoms with Crippen molar-refractivity contribution in [3.05, 3.63) is 70.5 Å². The zero-order valence-electron chi connectivity index (χ0n) is 19.5. The summed E-state index contributed by atoms with van der Waals surface area (Å²) in [5.74, 6) is -0.757. The second kappa shape index (κ2) is 10.1. The van der Waals surface area contributed by atoms with Crippen LogP contribution in [0.3, 0.4) is 0 Å². The smallest absolute Gasteiger partial charge is 0.305 e. The molecule has 0 radical (unpaired) electrons. The van der Waals surface area contributed by atoms with E-state index in [1.54, 1.807) is 22.9 Å². The Balaban J connectivity index is 1.79. The molecule has 0 unspecified atom stereocenters. The molecule has 2 N–H and O–H groups in total. The molecule has 172 valence electrons. The summed E-state index contributed by atoms with van der Waals surface area (Å²) >= 11 is 0. The number of aromatic nitrogens is 2. The molecular formula is C25H28N4O4. The van der Waals surface area contributed by atoms with Crippen LogP contribution in [-0.2, 0) is 20.7 Å². The minimum absolute atomic E-state index is 0.213. The van der Waals surface area contributed by atoms with Crippen LogP contribution in [0.2, 0.25) is 0 Å². The molecule has 1 heterocycles. The number of carbonyl (C=O) groups is 3. The molecule has 0 aliphatic heterocycles. The minimum atomic E-state index is -0.286. The summed E-state index contributed by atoms with van der Waals surface area (Å²) in [6, 6.07) is 12.5. The van der Waals surface area contributed by atoms with Gasteiger partial charge in [-0.15, -0.1) is 0 Å². The number of rotatable bonds is 7. The number of anilines is 2. The van der Waals surface area contributed by atoms with Crippen LogP contribution < -0.4 is 10.6 Å². The zero-order valence-corrected chi connectivity index (χ0v) is 19.5. The number of aryl methyl sites for hydroxylation is 2. The Morgan fingerprint density at radius 3 is 2.30 bits per heavy atom. The summed E-state index contributed by atoms with van der Waals surface area (Å²) in [7, 11) is 1.38. The van der Waals surface area contributed by atoms with Crippen molar-refractivity contribution in [2.75, 3.05) is 17.7 Å². The van der Waals surface area contributed by atoms with Crippen LogP contribution in [0, 0.1) is 20.8 Å². The first-order valence-electron chi connectivity index (χ1n) is 10.6. The molecule has 0 fully saturated rings. The van der Waals surface area contributed by atoms with Gasteiger partial charge in [-0.2, -0.15) is 5.10 Å². The van der Waals surface area contributed by atoms with Crippen molar-refractivity contribution in [1.82, 2.24) is 9.78 Å². The van der Waals surface area contributed by atoms with Gasteiger partial charge in [0.25, 0.3) is 5.91 Å². The first kappa shape index (κ1) is 23.7. The molecule has 0 saturated heterocycles. The first-order chi connectivity index (χ1) is 15.7. The van der Waals surface area contributed by atoms with Crippen molar-refractivity contribution in [2.24, 2.45) is 0 Å². The molecule has 2 aromatic carbocycles. The molecule has 3 aromatic rings. The standard InChI is InChI=1S/C25H28N4O4/c1-15-6-12-22(26-18(4)30)23(14-15)27-25(32)19-7-9-20(10-8-19)29-17(3)21(16(2)28-29)11-13-24(31)33-5/h6-10,12,14H,11,13H2,1-5H3,(H,26,30)(H,27,32). The summed E-state index contributed by atoms with van der Waals surface area (Å²) in [5, 5.41) is 10.2. The molecule has 0 aliphatic carbocycles. The third-order valence-electron chi connectivity index (χ3n) is 5.36. The Morgan fingerprint density at radius 2 is 1.67 bits per heavy atom. The second-order valence-electron chi connectivity index (χ2n) is 7.87. The maximum atomic E-state index is 12.8. The molecule has 33 heavy (non-hydrogen) atoms. The fourth-order valence-electron chi connectivity index (χ4n) is 3.63. The van der Waals surface area contributed by atoms with Gasteiger partial charge >= 0.3 is 5.97 Å². The molecule has 2 amide bonds. The first-order valence-corrected chi connectivity index (χ1v) is 10.6. The molecule has 8 nitrogen and oxygen atoms in total. The number of hydrogen-bond donors (Lipinski definition) is 2. The molecule has 1 aromatic heterocycles. The minimum Gasteiger partial charge on any atom is -0.469 e. The predicted octanol–water partition coefficient (Wildman–Crippen LogP) is 4.11. The highest BCUT2D eigenvalue weighted by Gasteiger charge is 2.15. The Kier molecular flexibility index (Phi) is 7.27. The number of nitrogens with one attached hydrogen (secondary N) is 2. The van der Waals surface area contributed by atoms with Crippen molar-refractivity contribution in [1.29, 1.82) is 0 Å². The topological polar surface area (TPSA) is 102 Å². The number of benzene rings is 2. The van der Waals surface area contributed by atoms with Gasteiger partial charge in [0.15, 0.2) is 0 Å². The van der Waals surface area contributed by atoms with Gasteiger partial charge in [0, 0.05) is 24.6 Å². The van der Waals surface area contributed by atoms with E-state index in [4.69, 9.17) is 4.74 Å². The summed E-state index contributed by atoms with van der Waals surface area (Å²) in [4.78, 5) is 35.8. The van der Waals surface area contributed by atoms with E-state index in [-0.39, 0.29) is 17.8 Å². The zero-order chi connectivity index (χ0) is 24.1. The highest BCUT2D eigenvalue weighted by molar-refractivity contribution is 6.07. The number of amides is 2. The molecule has 0 spiro atoms. The van der Waals surface area contributed by atoms with Crippen LogP contribution in [0.15, 0.2) is 42.5 Å². The van der Waals surface area contributed by atoms with E-state index < -0.39 is 0 Å². The molecule has 0 aliphatic rings. The largest absolute Gasteiger partial charge is 0.469 e. The van der Waals surface area contributed by atoms with E-state index in [1.165, 1.54) is 14.0 Å². The van der Waals surface area contributed by atoms with Crippen LogP contribution >= 0.6 is 0 Å². The van der Waals surface area contributed by atoms with E-state index in [0.29, 0.717) is 29.8 Å². The SMILES string of the molecule is COC(=O)CCc1c(C)nn(-c2ccc(C(=O)Nc3cc(C)ccc3NC(C)=O)cc2)c1C. The Hall–Kier alpha value is -3.94. The molecule has 3 rings (SSSR count). The van der Waals surface area contributed by atoms with Crippen molar-refractivity contribution >= 4 is 29.2 Å². The van der Waals surface area contributed by atoms with Gasteiger partial charge < -0.3 is 15.4 Å². The lowest BCUT2D eigenvalue weighted by molar-refractivity contribution is -0.140. The summed E-state index contributed by atoms with van der Waals surface area (Å²) in [6.45, 7) is 7.20. The van der Waals surface area contributed by atoms with Crippen LogP contribution in [0.4, 0.5) is 11.4 Å². The lowest BCUT2D eigenvalue weighted by Crippen LogP contribution is -2.15. The average Bonchev–Trinajstić information content (AvgIpc) is 3.07. The Bertz CT molecular complexity index is 1200. The lowest BCUT2D eigenvalue weighted by Gasteiger charge is -2.13. The molecule has 0 atom stereocenters.